The largest absolute Gasteiger partial charge is 0.392 e. The topological polar surface area (TPSA) is 57.6 Å². The van der Waals surface area contributed by atoms with Gasteiger partial charge in [0, 0.05) is 19.3 Å². The highest BCUT2D eigenvalue weighted by Gasteiger charge is 2.23. The van der Waals surface area contributed by atoms with E-state index in [1.54, 1.807) is 43.9 Å². The van der Waals surface area contributed by atoms with Gasteiger partial charge in [-0.25, -0.2) is 12.7 Å². The second kappa shape index (κ2) is 6.56. The van der Waals surface area contributed by atoms with Gasteiger partial charge < -0.3 is 5.11 Å². The minimum atomic E-state index is -3.47. The molecule has 0 bridgehead atoms. The van der Waals surface area contributed by atoms with Crippen molar-refractivity contribution in [3.05, 3.63) is 29.3 Å². The SMILES string of the molecule is CSCCN(C)S(=O)(=O)c1cccc(CO)c1C. The zero-order valence-corrected chi connectivity index (χ0v) is 12.5. The van der Waals surface area contributed by atoms with Gasteiger partial charge in [-0.05, 0) is 30.4 Å². The first kappa shape index (κ1) is 15.5. The first-order valence-corrected chi connectivity index (χ1v) is 8.43. The highest BCUT2D eigenvalue weighted by Crippen LogP contribution is 2.22. The Morgan fingerprint density at radius 1 is 1.39 bits per heavy atom. The Kier molecular flexibility index (Phi) is 5.65. The molecule has 1 N–H and O–H groups in total. The lowest BCUT2D eigenvalue weighted by molar-refractivity contribution is 0.280. The average molecular weight is 289 g/mol. The number of nitrogens with zero attached hydrogens (tertiary/aromatic N) is 1. The molecule has 6 heteroatoms. The van der Waals surface area contributed by atoms with Crippen molar-refractivity contribution in [1.82, 2.24) is 4.31 Å². The summed E-state index contributed by atoms with van der Waals surface area (Å²) in [5, 5.41) is 9.18. The molecule has 0 aliphatic rings. The van der Waals surface area contributed by atoms with E-state index in [-0.39, 0.29) is 11.5 Å². The van der Waals surface area contributed by atoms with Crippen molar-refractivity contribution in [3.8, 4) is 0 Å². The quantitative estimate of drug-likeness (QED) is 0.861. The van der Waals surface area contributed by atoms with E-state index >= 15 is 0 Å². The van der Waals surface area contributed by atoms with Gasteiger partial charge in [-0.3, -0.25) is 0 Å². The van der Waals surface area contributed by atoms with Crippen LogP contribution in [0.3, 0.4) is 0 Å². The Hall–Kier alpha value is -0.560. The fourth-order valence-electron chi connectivity index (χ4n) is 1.62. The molecular weight excluding hydrogens is 270 g/mol. The lowest BCUT2D eigenvalue weighted by Gasteiger charge is -2.19. The van der Waals surface area contributed by atoms with Crippen LogP contribution in [0.1, 0.15) is 11.1 Å². The van der Waals surface area contributed by atoms with Gasteiger partial charge >= 0.3 is 0 Å². The molecule has 0 atom stereocenters. The second-order valence-electron chi connectivity index (χ2n) is 4.02. The summed E-state index contributed by atoms with van der Waals surface area (Å²) in [5.74, 6) is 0.758. The van der Waals surface area contributed by atoms with Gasteiger partial charge in [-0.2, -0.15) is 11.8 Å². The zero-order valence-electron chi connectivity index (χ0n) is 10.9. The van der Waals surface area contributed by atoms with Crippen LogP contribution in [0.5, 0.6) is 0 Å². The van der Waals surface area contributed by atoms with Crippen LogP contribution in [0.15, 0.2) is 23.1 Å². The number of aliphatic hydroxyl groups excluding tert-OH is 1. The molecule has 1 rings (SSSR count). The molecule has 0 fully saturated rings. The van der Waals surface area contributed by atoms with Crippen molar-refractivity contribution in [1.29, 1.82) is 0 Å². The molecule has 0 aromatic heterocycles. The normalized spacial score (nSPS) is 12.1. The molecule has 0 heterocycles. The third-order valence-corrected chi connectivity index (χ3v) is 5.46. The average Bonchev–Trinajstić information content (AvgIpc) is 2.35. The van der Waals surface area contributed by atoms with Gasteiger partial charge in [0.05, 0.1) is 11.5 Å². The maximum atomic E-state index is 12.4. The summed E-state index contributed by atoms with van der Waals surface area (Å²) < 4.78 is 26.1. The molecule has 18 heavy (non-hydrogen) atoms. The number of hydrogen-bond donors (Lipinski definition) is 1. The fourth-order valence-corrected chi connectivity index (χ4v) is 3.63. The van der Waals surface area contributed by atoms with Crippen molar-refractivity contribution >= 4 is 21.8 Å². The smallest absolute Gasteiger partial charge is 0.243 e. The highest BCUT2D eigenvalue weighted by atomic mass is 32.2. The summed E-state index contributed by atoms with van der Waals surface area (Å²) in [6, 6.07) is 4.98. The van der Waals surface area contributed by atoms with E-state index in [9.17, 15) is 13.5 Å². The van der Waals surface area contributed by atoms with E-state index < -0.39 is 10.0 Å². The summed E-state index contributed by atoms with van der Waals surface area (Å²) in [5.41, 5.74) is 1.27. The molecule has 0 aliphatic heterocycles. The summed E-state index contributed by atoms with van der Waals surface area (Å²) >= 11 is 1.61. The number of aliphatic hydroxyl groups is 1. The van der Waals surface area contributed by atoms with Crippen molar-refractivity contribution in [2.45, 2.75) is 18.4 Å². The van der Waals surface area contributed by atoms with E-state index in [4.69, 9.17) is 0 Å². The van der Waals surface area contributed by atoms with Gasteiger partial charge in [0.2, 0.25) is 10.0 Å². The minimum absolute atomic E-state index is 0.149. The number of benzene rings is 1. The van der Waals surface area contributed by atoms with Crippen LogP contribution >= 0.6 is 11.8 Å². The Labute approximate surface area is 113 Å². The predicted octanol–water partition coefficient (Wildman–Crippen LogP) is 1.47. The molecule has 1 aromatic rings. The van der Waals surface area contributed by atoms with Gasteiger partial charge in [-0.1, -0.05) is 12.1 Å². The van der Waals surface area contributed by atoms with Crippen LogP contribution in [0.2, 0.25) is 0 Å². The Bertz CT molecular complexity index is 500. The third kappa shape index (κ3) is 3.26. The van der Waals surface area contributed by atoms with Crippen molar-refractivity contribution in [3.63, 3.8) is 0 Å². The van der Waals surface area contributed by atoms with Crippen molar-refractivity contribution in [2.24, 2.45) is 0 Å². The monoisotopic (exact) mass is 289 g/mol. The summed E-state index contributed by atoms with van der Waals surface area (Å²) in [4.78, 5) is 0.276. The molecule has 0 spiro atoms. The molecule has 4 nitrogen and oxygen atoms in total. The van der Waals surface area contributed by atoms with Gasteiger partial charge in [0.15, 0.2) is 0 Å². The number of thioether (sulfide) groups is 1. The van der Waals surface area contributed by atoms with Gasteiger partial charge in [-0.15, -0.1) is 0 Å². The summed E-state index contributed by atoms with van der Waals surface area (Å²) in [7, 11) is -1.89. The van der Waals surface area contributed by atoms with Crippen LogP contribution < -0.4 is 0 Å². The Balaban J connectivity index is 3.12. The molecule has 0 saturated heterocycles. The Morgan fingerprint density at radius 3 is 2.61 bits per heavy atom. The third-order valence-electron chi connectivity index (χ3n) is 2.87. The van der Waals surface area contributed by atoms with E-state index in [1.807, 2.05) is 6.26 Å². The van der Waals surface area contributed by atoms with Gasteiger partial charge in [0.1, 0.15) is 0 Å². The standard InChI is InChI=1S/C12H19NO3S2/c1-10-11(9-14)5-4-6-12(10)18(15,16)13(2)7-8-17-3/h4-6,14H,7-9H2,1-3H3. The van der Waals surface area contributed by atoms with Crippen LogP contribution in [0, 0.1) is 6.92 Å². The molecule has 1 aromatic carbocycles. The first-order valence-electron chi connectivity index (χ1n) is 5.59. The fraction of sp³-hybridized carbons (Fsp3) is 0.500. The first-order chi connectivity index (χ1) is 8.45. The van der Waals surface area contributed by atoms with Crippen molar-refractivity contribution < 1.29 is 13.5 Å². The second-order valence-corrected chi connectivity index (χ2v) is 7.02. The predicted molar refractivity (Wildman–Crippen MR) is 75.3 cm³/mol. The minimum Gasteiger partial charge on any atom is -0.392 e. The molecule has 0 unspecified atom stereocenters. The molecule has 0 amide bonds. The van der Waals surface area contributed by atoms with E-state index in [2.05, 4.69) is 0 Å². The van der Waals surface area contributed by atoms with E-state index in [0.717, 1.165) is 5.75 Å². The van der Waals surface area contributed by atoms with Gasteiger partial charge in [0.25, 0.3) is 0 Å². The molecule has 0 aliphatic carbocycles. The van der Waals surface area contributed by atoms with Crippen LogP contribution in [0.25, 0.3) is 0 Å². The van der Waals surface area contributed by atoms with Crippen LogP contribution in [-0.4, -0.2) is 43.4 Å². The molecular formula is C12H19NO3S2. The zero-order chi connectivity index (χ0) is 13.8. The lowest BCUT2D eigenvalue weighted by atomic mass is 10.1. The van der Waals surface area contributed by atoms with Crippen LogP contribution in [-0.2, 0) is 16.6 Å². The van der Waals surface area contributed by atoms with Crippen LogP contribution in [0.4, 0.5) is 0 Å². The maximum absolute atomic E-state index is 12.4. The van der Waals surface area contributed by atoms with Crippen molar-refractivity contribution in [2.75, 3.05) is 25.6 Å². The number of sulfonamides is 1. The Morgan fingerprint density at radius 2 is 2.06 bits per heavy atom. The molecule has 0 radical (unpaired) electrons. The summed E-state index contributed by atoms with van der Waals surface area (Å²) in [6.45, 7) is 2.05. The summed E-state index contributed by atoms with van der Waals surface area (Å²) in [6.07, 6.45) is 1.94. The van der Waals surface area contributed by atoms with E-state index in [0.29, 0.717) is 17.7 Å². The number of hydrogen-bond acceptors (Lipinski definition) is 4. The number of rotatable bonds is 6. The highest BCUT2D eigenvalue weighted by molar-refractivity contribution is 7.98. The molecule has 0 saturated carbocycles. The molecule has 102 valence electrons. The van der Waals surface area contributed by atoms with E-state index in [1.165, 1.54) is 4.31 Å². The lowest BCUT2D eigenvalue weighted by Crippen LogP contribution is -2.29. The maximum Gasteiger partial charge on any atom is 0.243 e.